The van der Waals surface area contributed by atoms with Crippen LogP contribution in [0.4, 0.5) is 18.0 Å². The molecule has 2 aliphatic rings. The Labute approximate surface area is 142 Å². The van der Waals surface area contributed by atoms with Crippen LogP contribution in [0.1, 0.15) is 33.6 Å². The molecule has 0 aliphatic carbocycles. The lowest BCUT2D eigenvalue weighted by atomic mass is 9.96. The number of hydrogen-bond donors (Lipinski definition) is 0. The minimum atomic E-state index is -4.16. The predicted octanol–water partition coefficient (Wildman–Crippen LogP) is 2.48. The fourth-order valence-electron chi connectivity index (χ4n) is 2.77. The monoisotopic (exact) mass is 372 g/mol. The lowest BCUT2D eigenvalue weighted by Gasteiger charge is -2.35. The van der Waals surface area contributed by atoms with Gasteiger partial charge in [0.2, 0.25) is 0 Å². The van der Waals surface area contributed by atoms with Crippen LogP contribution in [0, 0.1) is 5.92 Å². The number of alkyl halides is 3. The summed E-state index contributed by atoms with van der Waals surface area (Å²) < 4.78 is 61.3. The van der Waals surface area contributed by atoms with Crippen LogP contribution in [-0.2, 0) is 20.2 Å². The van der Waals surface area contributed by atoms with Gasteiger partial charge in [-0.05, 0) is 46.7 Å². The molecule has 140 valence electrons. The van der Waals surface area contributed by atoms with Crippen LogP contribution >= 0.6 is 0 Å². The van der Waals surface area contributed by atoms with E-state index in [-0.39, 0.29) is 32.5 Å². The molecular formula is C14H23F3N2O4S. The molecule has 0 spiro atoms. The number of amides is 1. The molecule has 0 bridgehead atoms. The van der Waals surface area contributed by atoms with E-state index in [4.69, 9.17) is 8.92 Å². The van der Waals surface area contributed by atoms with Crippen molar-refractivity contribution in [3.63, 3.8) is 0 Å². The molecule has 2 aliphatic heterocycles. The van der Waals surface area contributed by atoms with Gasteiger partial charge in [-0.25, -0.2) is 9.00 Å². The Balaban J connectivity index is 1.92. The Kier molecular flexibility index (Phi) is 5.81. The van der Waals surface area contributed by atoms with E-state index in [1.807, 2.05) is 4.90 Å². The highest BCUT2D eigenvalue weighted by atomic mass is 32.2. The molecule has 0 radical (unpaired) electrons. The number of carbonyl (C=O) groups excluding carboxylic acids is 1. The Bertz CT molecular complexity index is 487. The molecule has 6 nitrogen and oxygen atoms in total. The van der Waals surface area contributed by atoms with Gasteiger partial charge in [-0.3, -0.25) is 4.18 Å². The first kappa shape index (κ1) is 19.5. The van der Waals surface area contributed by atoms with Gasteiger partial charge in [-0.15, -0.1) is 0 Å². The predicted molar refractivity (Wildman–Crippen MR) is 81.2 cm³/mol. The van der Waals surface area contributed by atoms with Gasteiger partial charge < -0.3 is 9.64 Å². The second-order valence-electron chi connectivity index (χ2n) is 7.08. The summed E-state index contributed by atoms with van der Waals surface area (Å²) in [6, 6.07) is -0.497. The van der Waals surface area contributed by atoms with Crippen molar-refractivity contribution in [2.45, 2.75) is 51.4 Å². The number of halogens is 3. The first-order valence-electron chi connectivity index (χ1n) is 7.84. The molecule has 2 rings (SSSR count). The van der Waals surface area contributed by atoms with Crippen molar-refractivity contribution < 1.29 is 31.1 Å². The topological polar surface area (TPSA) is 59.1 Å². The largest absolute Gasteiger partial charge is 0.443 e. The van der Waals surface area contributed by atoms with Crippen molar-refractivity contribution >= 4 is 17.4 Å². The molecular weight excluding hydrogens is 349 g/mol. The molecule has 24 heavy (non-hydrogen) atoms. The van der Waals surface area contributed by atoms with Crippen LogP contribution in [0.2, 0.25) is 0 Å². The van der Waals surface area contributed by atoms with Crippen LogP contribution < -0.4 is 0 Å². The van der Waals surface area contributed by atoms with Gasteiger partial charge in [0.1, 0.15) is 5.60 Å². The van der Waals surface area contributed by atoms with Crippen molar-refractivity contribution in [2.75, 3.05) is 26.2 Å². The standard InChI is InChI=1S/C14H23F3N2O4S/c1-13(2,3)23-12(20)19-11(9-22-24(19)21)8-18-6-4-10(5-7-18)14(15,16)17/h10-11H,4-9H2,1-3H3/t11-,24?/m0/s1. The molecule has 0 aromatic heterocycles. The zero-order chi connectivity index (χ0) is 18.1. The third-order valence-electron chi connectivity index (χ3n) is 3.95. The molecule has 2 atom stereocenters. The van der Waals surface area contributed by atoms with E-state index in [0.29, 0.717) is 6.54 Å². The summed E-state index contributed by atoms with van der Waals surface area (Å²) in [7, 11) is 0. The van der Waals surface area contributed by atoms with Gasteiger partial charge in [0, 0.05) is 6.54 Å². The van der Waals surface area contributed by atoms with Crippen LogP contribution in [0.3, 0.4) is 0 Å². The lowest BCUT2D eigenvalue weighted by Crippen LogP contribution is -2.48. The Morgan fingerprint density at radius 1 is 1.25 bits per heavy atom. The highest BCUT2D eigenvalue weighted by molar-refractivity contribution is 7.78. The number of rotatable bonds is 2. The molecule has 0 aromatic rings. The fraction of sp³-hybridized carbons (Fsp3) is 0.929. The second kappa shape index (κ2) is 7.17. The zero-order valence-electron chi connectivity index (χ0n) is 14.0. The van der Waals surface area contributed by atoms with Gasteiger partial charge in [-0.2, -0.15) is 17.5 Å². The Hall–Kier alpha value is -0.870. The van der Waals surface area contributed by atoms with E-state index in [2.05, 4.69) is 0 Å². The minimum Gasteiger partial charge on any atom is -0.443 e. The van der Waals surface area contributed by atoms with Gasteiger partial charge in [0.25, 0.3) is 11.3 Å². The number of carbonyl (C=O) groups is 1. The average molecular weight is 372 g/mol. The molecule has 0 aromatic carbocycles. The maximum Gasteiger partial charge on any atom is 0.424 e. The van der Waals surface area contributed by atoms with Crippen molar-refractivity contribution in [1.82, 2.24) is 9.21 Å². The number of ether oxygens (including phenoxy) is 1. The van der Waals surface area contributed by atoms with E-state index in [9.17, 15) is 22.2 Å². The summed E-state index contributed by atoms with van der Waals surface area (Å²) in [6.45, 7) is 6.05. The summed E-state index contributed by atoms with van der Waals surface area (Å²) >= 11 is -1.93. The van der Waals surface area contributed by atoms with Crippen LogP contribution in [0.5, 0.6) is 0 Å². The first-order chi connectivity index (χ1) is 11.0. The normalized spacial score (nSPS) is 27.5. The second-order valence-corrected chi connectivity index (χ2v) is 8.14. The summed E-state index contributed by atoms with van der Waals surface area (Å²) in [4.78, 5) is 14.0. The van der Waals surface area contributed by atoms with Gasteiger partial charge in [0.15, 0.2) is 0 Å². The molecule has 1 unspecified atom stereocenters. The van der Waals surface area contributed by atoms with E-state index in [0.717, 1.165) is 4.31 Å². The average Bonchev–Trinajstić information content (AvgIpc) is 2.77. The van der Waals surface area contributed by atoms with Crippen molar-refractivity contribution in [3.8, 4) is 0 Å². The van der Waals surface area contributed by atoms with Gasteiger partial charge in [0.05, 0.1) is 18.6 Å². The molecule has 0 saturated carbocycles. The molecule has 2 heterocycles. The molecule has 10 heteroatoms. The lowest BCUT2D eigenvalue weighted by molar-refractivity contribution is -0.185. The van der Waals surface area contributed by atoms with Gasteiger partial charge >= 0.3 is 12.3 Å². The Morgan fingerprint density at radius 3 is 2.33 bits per heavy atom. The SMILES string of the molecule is CC(C)(C)OC(=O)N1[C@@H](CN2CCC(C(F)(F)F)CC2)COS1=O. The van der Waals surface area contributed by atoms with Crippen LogP contribution in [0.25, 0.3) is 0 Å². The first-order valence-corrected chi connectivity index (χ1v) is 8.87. The number of nitrogens with zero attached hydrogens (tertiary/aromatic N) is 2. The maximum atomic E-state index is 12.7. The maximum absolute atomic E-state index is 12.7. The minimum absolute atomic E-state index is 0.0343. The van der Waals surface area contributed by atoms with Gasteiger partial charge in [-0.1, -0.05) is 0 Å². The number of piperidine rings is 1. The van der Waals surface area contributed by atoms with E-state index < -0.39 is 41.1 Å². The quantitative estimate of drug-likeness (QED) is 0.745. The van der Waals surface area contributed by atoms with E-state index >= 15 is 0 Å². The third-order valence-corrected chi connectivity index (χ3v) is 5.05. The fourth-order valence-corrected chi connectivity index (χ4v) is 3.68. The smallest absolute Gasteiger partial charge is 0.424 e. The number of likely N-dealkylation sites (tertiary alicyclic amines) is 1. The van der Waals surface area contributed by atoms with Crippen molar-refractivity contribution in [1.29, 1.82) is 0 Å². The molecule has 2 saturated heterocycles. The molecule has 1 amide bonds. The van der Waals surface area contributed by atoms with Crippen LogP contribution in [0.15, 0.2) is 0 Å². The van der Waals surface area contributed by atoms with Crippen molar-refractivity contribution in [3.05, 3.63) is 0 Å². The zero-order valence-corrected chi connectivity index (χ0v) is 14.8. The summed E-state index contributed by atoms with van der Waals surface area (Å²) in [6.07, 6.45) is -4.83. The highest BCUT2D eigenvalue weighted by Crippen LogP contribution is 2.34. The van der Waals surface area contributed by atoms with E-state index in [1.54, 1.807) is 20.8 Å². The molecule has 2 fully saturated rings. The third kappa shape index (κ3) is 5.06. The highest BCUT2D eigenvalue weighted by Gasteiger charge is 2.43. The van der Waals surface area contributed by atoms with Crippen molar-refractivity contribution in [2.24, 2.45) is 5.92 Å². The summed E-state index contributed by atoms with van der Waals surface area (Å²) in [5, 5.41) is 0. The number of hydrogen-bond acceptors (Lipinski definition) is 5. The Morgan fingerprint density at radius 2 is 1.83 bits per heavy atom. The van der Waals surface area contributed by atoms with E-state index in [1.165, 1.54) is 0 Å². The molecule has 0 N–H and O–H groups in total. The summed E-state index contributed by atoms with van der Waals surface area (Å²) in [5.41, 5.74) is -0.737. The van der Waals surface area contributed by atoms with Crippen LogP contribution in [-0.4, -0.2) is 63.6 Å². The summed E-state index contributed by atoms with van der Waals surface area (Å²) in [5.74, 6) is -1.27.